The molecule has 0 saturated carbocycles. The van der Waals surface area contributed by atoms with E-state index >= 15 is 0 Å². The molecule has 0 aliphatic rings. The van der Waals surface area contributed by atoms with E-state index in [0.29, 0.717) is 18.1 Å². The Morgan fingerprint density at radius 3 is 2.73 bits per heavy atom. The number of aromatic nitrogens is 2. The summed E-state index contributed by atoms with van der Waals surface area (Å²) in [5, 5.41) is 13.4. The lowest BCUT2D eigenvalue weighted by atomic mass is 10.1. The molecular weight excluding hydrogens is 196 g/mol. The fraction of sp³-hybridized carbons (Fsp3) is 0.800. The zero-order valence-corrected chi connectivity index (χ0v) is 9.65. The summed E-state index contributed by atoms with van der Waals surface area (Å²) < 4.78 is 10.2. The summed E-state index contributed by atoms with van der Waals surface area (Å²) in [6, 6.07) is 0. The fourth-order valence-electron chi connectivity index (χ4n) is 1.10. The predicted molar refractivity (Wildman–Crippen MR) is 54.2 cm³/mol. The van der Waals surface area contributed by atoms with Crippen LogP contribution in [-0.2, 0) is 10.3 Å². The molecule has 15 heavy (non-hydrogen) atoms. The summed E-state index contributed by atoms with van der Waals surface area (Å²) in [6.07, 6.45) is 0.852. The van der Waals surface area contributed by atoms with Gasteiger partial charge in [-0.05, 0) is 20.3 Å². The first-order chi connectivity index (χ1) is 7.01. The monoisotopic (exact) mass is 214 g/mol. The van der Waals surface area contributed by atoms with E-state index in [1.165, 1.54) is 0 Å². The summed E-state index contributed by atoms with van der Waals surface area (Å²) in [7, 11) is 1.58. The highest BCUT2D eigenvalue weighted by molar-refractivity contribution is 4.97. The van der Waals surface area contributed by atoms with Gasteiger partial charge in [-0.15, -0.1) is 0 Å². The first-order valence-electron chi connectivity index (χ1n) is 5.08. The van der Waals surface area contributed by atoms with Gasteiger partial charge in [0.05, 0.1) is 0 Å². The fourth-order valence-corrected chi connectivity index (χ4v) is 1.10. The summed E-state index contributed by atoms with van der Waals surface area (Å²) in [5.41, 5.74) is -0.614. The molecule has 0 fully saturated rings. The van der Waals surface area contributed by atoms with Crippen LogP contribution in [0.4, 0.5) is 0 Å². The molecule has 0 aliphatic heterocycles. The Morgan fingerprint density at radius 2 is 2.20 bits per heavy atom. The Labute approximate surface area is 89.4 Å². The number of hydrogen-bond donors (Lipinski definition) is 1. The third kappa shape index (κ3) is 2.76. The highest BCUT2D eigenvalue weighted by Gasteiger charge is 2.28. The quantitative estimate of drug-likeness (QED) is 0.809. The number of methoxy groups -OCH3 is 1. The van der Waals surface area contributed by atoms with Gasteiger partial charge in [-0.1, -0.05) is 18.5 Å². The topological polar surface area (TPSA) is 68.4 Å². The van der Waals surface area contributed by atoms with Crippen molar-refractivity contribution in [2.45, 2.75) is 45.3 Å². The Kier molecular flexibility index (Phi) is 3.82. The van der Waals surface area contributed by atoms with Crippen LogP contribution in [0.5, 0.6) is 0 Å². The van der Waals surface area contributed by atoms with Gasteiger partial charge in [-0.2, -0.15) is 4.98 Å². The number of ether oxygens (including phenoxy) is 1. The molecule has 0 amide bonds. The Hall–Kier alpha value is -0.940. The van der Waals surface area contributed by atoms with Gasteiger partial charge in [0.2, 0.25) is 0 Å². The molecule has 0 radical (unpaired) electrons. The third-order valence-electron chi connectivity index (χ3n) is 2.33. The minimum absolute atomic E-state index is 0.331. The van der Waals surface area contributed by atoms with E-state index in [1.54, 1.807) is 7.11 Å². The van der Waals surface area contributed by atoms with E-state index in [1.807, 2.05) is 20.8 Å². The van der Waals surface area contributed by atoms with Crippen molar-refractivity contribution in [2.24, 2.45) is 0 Å². The Balaban J connectivity index is 2.80. The van der Waals surface area contributed by atoms with Gasteiger partial charge in [0.15, 0.2) is 5.82 Å². The summed E-state index contributed by atoms with van der Waals surface area (Å²) in [4.78, 5) is 4.12. The molecular formula is C10H18N2O3. The van der Waals surface area contributed by atoms with E-state index in [-0.39, 0.29) is 0 Å². The number of aliphatic hydroxyl groups is 1. The van der Waals surface area contributed by atoms with E-state index in [0.717, 1.165) is 6.42 Å². The van der Waals surface area contributed by atoms with Gasteiger partial charge in [-0.25, -0.2) is 0 Å². The number of nitrogens with zero attached hydrogens (tertiary/aromatic N) is 2. The molecule has 5 nitrogen and oxygen atoms in total. The molecule has 0 aromatic carbocycles. The van der Waals surface area contributed by atoms with Crippen LogP contribution in [0.15, 0.2) is 4.52 Å². The first kappa shape index (κ1) is 12.1. The Bertz CT molecular complexity index is 309. The van der Waals surface area contributed by atoms with Crippen LogP contribution in [0.1, 0.15) is 51.4 Å². The minimum atomic E-state index is -0.653. The van der Waals surface area contributed by atoms with Crippen LogP contribution in [0.2, 0.25) is 0 Å². The zero-order chi connectivity index (χ0) is 11.5. The standard InChI is InChI=1S/C10H18N2O3/c1-5-6-7(13)8-11-9(15-12-8)10(2,3)14-4/h7,13H,5-6H2,1-4H3. The molecule has 0 bridgehead atoms. The maximum atomic E-state index is 9.65. The molecule has 1 heterocycles. The predicted octanol–water partition coefficient (Wildman–Crippen LogP) is 1.78. The molecule has 0 saturated heterocycles. The van der Waals surface area contributed by atoms with Crippen LogP contribution >= 0.6 is 0 Å². The van der Waals surface area contributed by atoms with Crippen molar-refractivity contribution in [2.75, 3.05) is 7.11 Å². The second kappa shape index (κ2) is 4.72. The highest BCUT2D eigenvalue weighted by atomic mass is 16.5. The van der Waals surface area contributed by atoms with Gasteiger partial charge in [0.1, 0.15) is 11.7 Å². The van der Waals surface area contributed by atoms with Crippen LogP contribution in [0.3, 0.4) is 0 Å². The molecule has 1 atom stereocenters. The number of rotatable bonds is 5. The largest absolute Gasteiger partial charge is 0.385 e. The van der Waals surface area contributed by atoms with Gasteiger partial charge >= 0.3 is 0 Å². The maximum Gasteiger partial charge on any atom is 0.258 e. The van der Waals surface area contributed by atoms with Crippen molar-refractivity contribution in [3.8, 4) is 0 Å². The van der Waals surface area contributed by atoms with Crippen molar-refractivity contribution in [3.05, 3.63) is 11.7 Å². The van der Waals surface area contributed by atoms with Crippen molar-refractivity contribution in [3.63, 3.8) is 0 Å². The van der Waals surface area contributed by atoms with Crippen molar-refractivity contribution >= 4 is 0 Å². The molecule has 1 rings (SSSR count). The molecule has 1 aromatic heterocycles. The lowest BCUT2D eigenvalue weighted by molar-refractivity contribution is -0.00787. The summed E-state index contributed by atoms with van der Waals surface area (Å²) in [5.74, 6) is 0.715. The molecule has 1 unspecified atom stereocenters. The van der Waals surface area contributed by atoms with Gasteiger partial charge in [0.25, 0.3) is 5.89 Å². The molecule has 1 aromatic rings. The molecule has 86 valence electrons. The first-order valence-corrected chi connectivity index (χ1v) is 5.08. The molecule has 5 heteroatoms. The summed E-state index contributed by atoms with van der Waals surface area (Å²) in [6.45, 7) is 5.65. The molecule has 0 aliphatic carbocycles. The van der Waals surface area contributed by atoms with Crippen LogP contribution in [-0.4, -0.2) is 22.4 Å². The second-order valence-corrected chi connectivity index (χ2v) is 3.98. The zero-order valence-electron chi connectivity index (χ0n) is 9.65. The number of aliphatic hydroxyl groups excluding tert-OH is 1. The molecule has 0 spiro atoms. The van der Waals surface area contributed by atoms with E-state index in [2.05, 4.69) is 10.1 Å². The van der Waals surface area contributed by atoms with Gasteiger partial charge < -0.3 is 14.4 Å². The summed E-state index contributed by atoms with van der Waals surface area (Å²) >= 11 is 0. The van der Waals surface area contributed by atoms with E-state index < -0.39 is 11.7 Å². The smallest absolute Gasteiger partial charge is 0.258 e. The van der Waals surface area contributed by atoms with Crippen molar-refractivity contribution < 1.29 is 14.4 Å². The lowest BCUT2D eigenvalue weighted by Gasteiger charge is -2.16. The highest BCUT2D eigenvalue weighted by Crippen LogP contribution is 2.24. The SMILES string of the molecule is CCCC(O)c1noc(C(C)(C)OC)n1. The minimum Gasteiger partial charge on any atom is -0.385 e. The normalized spacial score (nSPS) is 14.2. The Morgan fingerprint density at radius 1 is 1.53 bits per heavy atom. The third-order valence-corrected chi connectivity index (χ3v) is 2.33. The second-order valence-electron chi connectivity index (χ2n) is 3.98. The average molecular weight is 214 g/mol. The van der Waals surface area contributed by atoms with Gasteiger partial charge in [0, 0.05) is 7.11 Å². The lowest BCUT2D eigenvalue weighted by Crippen LogP contribution is -2.20. The van der Waals surface area contributed by atoms with Crippen LogP contribution in [0, 0.1) is 0 Å². The van der Waals surface area contributed by atoms with Gasteiger partial charge in [-0.3, -0.25) is 0 Å². The number of hydrogen-bond acceptors (Lipinski definition) is 5. The van der Waals surface area contributed by atoms with E-state index in [9.17, 15) is 5.11 Å². The van der Waals surface area contributed by atoms with Crippen LogP contribution in [0.25, 0.3) is 0 Å². The van der Waals surface area contributed by atoms with Crippen molar-refractivity contribution in [1.82, 2.24) is 10.1 Å². The molecule has 1 N–H and O–H groups in total. The van der Waals surface area contributed by atoms with E-state index in [4.69, 9.17) is 9.26 Å². The van der Waals surface area contributed by atoms with Crippen LogP contribution < -0.4 is 0 Å². The van der Waals surface area contributed by atoms with Crippen molar-refractivity contribution in [1.29, 1.82) is 0 Å². The maximum absolute atomic E-state index is 9.65. The average Bonchev–Trinajstić information content (AvgIpc) is 2.67.